The summed E-state index contributed by atoms with van der Waals surface area (Å²) in [6, 6.07) is 2.08. The van der Waals surface area contributed by atoms with Gasteiger partial charge in [-0.3, -0.25) is 33.8 Å². The van der Waals surface area contributed by atoms with Crippen molar-refractivity contribution in [3.63, 3.8) is 0 Å². The smallest absolute Gasteiger partial charge is 0.235 e. The van der Waals surface area contributed by atoms with Crippen LogP contribution in [0.2, 0.25) is 0 Å². The monoisotopic (exact) mass is 541 g/mol. The number of benzene rings is 1. The molecule has 1 aliphatic heterocycles. The Labute approximate surface area is 225 Å². The maximum atomic E-state index is 14.0. The molecule has 2 unspecified atom stereocenters. The number of hydrogen-bond donors (Lipinski definition) is 4. The number of nitrogens with zero attached hydrogens (tertiary/aromatic N) is 2. The number of aliphatic hydroxyl groups excluding tert-OH is 1. The molecule has 3 aliphatic carbocycles. The van der Waals surface area contributed by atoms with Crippen LogP contribution in [-0.2, 0) is 25.7 Å². The molecule has 4 aliphatic rings. The minimum atomic E-state index is -2.99. The third kappa shape index (κ3) is 3.81. The SMILES string of the molecule is C[C@@H]1c2ccc(CN3CCCCC3)c(O)c2C(=O)C2C(=O)[C@@]3(O)C(=O)C(C(N)=O)C(=O)[C@H](N(C)C)[C@H]3[C@H](O)[C@H]21. The second kappa shape index (κ2) is 9.58. The molecule has 1 saturated heterocycles. The Morgan fingerprint density at radius 2 is 1.74 bits per heavy atom. The molecule has 1 aromatic rings. The second-order valence-electron chi connectivity index (χ2n) is 11.7. The van der Waals surface area contributed by atoms with Crippen molar-refractivity contribution in [3.8, 4) is 5.75 Å². The number of likely N-dealkylation sites (tertiary alicyclic amines) is 1. The number of rotatable bonds is 4. The summed E-state index contributed by atoms with van der Waals surface area (Å²) in [5.74, 6) is -12.9. The number of amides is 1. The Bertz CT molecular complexity index is 1270. The molecular formula is C28H35N3O8. The van der Waals surface area contributed by atoms with Gasteiger partial charge in [-0.2, -0.15) is 0 Å². The normalized spacial score (nSPS) is 36.9. The Morgan fingerprint density at radius 1 is 1.10 bits per heavy atom. The highest BCUT2D eigenvalue weighted by atomic mass is 16.3. The zero-order valence-corrected chi connectivity index (χ0v) is 22.3. The number of phenols is 1. The van der Waals surface area contributed by atoms with E-state index >= 15 is 0 Å². The fourth-order valence-electron chi connectivity index (χ4n) is 7.52. The molecule has 1 aromatic carbocycles. The summed E-state index contributed by atoms with van der Waals surface area (Å²) in [5.41, 5.74) is 3.26. The number of hydrogen-bond acceptors (Lipinski definition) is 10. The van der Waals surface area contributed by atoms with Gasteiger partial charge in [0.25, 0.3) is 0 Å². The van der Waals surface area contributed by atoms with E-state index in [4.69, 9.17) is 5.73 Å². The van der Waals surface area contributed by atoms with Crippen molar-refractivity contribution in [1.82, 2.24) is 9.80 Å². The highest BCUT2D eigenvalue weighted by Crippen LogP contribution is 2.54. The molecule has 0 radical (unpaired) electrons. The van der Waals surface area contributed by atoms with Crippen LogP contribution >= 0.6 is 0 Å². The first-order valence-corrected chi connectivity index (χ1v) is 13.4. The molecule has 0 bridgehead atoms. The van der Waals surface area contributed by atoms with Crippen LogP contribution in [-0.4, -0.2) is 99.1 Å². The van der Waals surface area contributed by atoms with Crippen LogP contribution in [0, 0.1) is 23.7 Å². The number of nitrogens with two attached hydrogens (primary N) is 1. The average molecular weight is 542 g/mol. The molecule has 8 atom stereocenters. The lowest BCUT2D eigenvalue weighted by Gasteiger charge is -2.56. The zero-order valence-electron chi connectivity index (χ0n) is 22.3. The van der Waals surface area contributed by atoms with Gasteiger partial charge in [0.2, 0.25) is 5.91 Å². The maximum Gasteiger partial charge on any atom is 0.235 e. The average Bonchev–Trinajstić information content (AvgIpc) is 2.87. The number of phenolic OH excluding ortho intramolecular Hbond substituents is 1. The number of aromatic hydroxyl groups is 1. The quantitative estimate of drug-likeness (QED) is 0.359. The first-order chi connectivity index (χ1) is 18.3. The van der Waals surface area contributed by atoms with E-state index in [-0.39, 0.29) is 11.3 Å². The van der Waals surface area contributed by atoms with Gasteiger partial charge in [-0.1, -0.05) is 25.5 Å². The third-order valence-electron chi connectivity index (χ3n) is 9.42. The molecule has 1 amide bonds. The van der Waals surface area contributed by atoms with E-state index in [9.17, 15) is 39.3 Å². The van der Waals surface area contributed by atoms with Crippen LogP contribution in [0.25, 0.3) is 0 Å². The molecular weight excluding hydrogens is 506 g/mol. The topological polar surface area (TPSA) is 179 Å². The van der Waals surface area contributed by atoms with Gasteiger partial charge >= 0.3 is 0 Å². The lowest BCUT2D eigenvalue weighted by Crippen LogP contribution is -2.77. The summed E-state index contributed by atoms with van der Waals surface area (Å²) >= 11 is 0. The van der Waals surface area contributed by atoms with Crippen molar-refractivity contribution in [2.45, 2.75) is 56.4 Å². The van der Waals surface area contributed by atoms with Gasteiger partial charge in [-0.15, -0.1) is 0 Å². The number of piperidine rings is 1. The van der Waals surface area contributed by atoms with Gasteiger partial charge in [0.05, 0.1) is 29.5 Å². The molecule has 5 rings (SSSR count). The Hall–Kier alpha value is -2.99. The molecule has 210 valence electrons. The standard InChI is InChI=1S/C28H35N3O8/c1-12-14-8-7-13(11-31-9-5-4-6-10-31)21(32)16(14)22(33)17-15(12)23(34)19-20(30(2)3)24(35)18(27(29)38)26(37)28(19,39)25(17)36/h7-8,12,15,17-20,23,32,34,39H,4-6,9-11H2,1-3H3,(H2,29,38)/t12-,15+,17?,18?,19+,20-,23-,28-/m1/s1. The molecule has 0 aromatic heterocycles. The molecule has 2 saturated carbocycles. The van der Waals surface area contributed by atoms with E-state index < -0.39 is 76.4 Å². The maximum absolute atomic E-state index is 14.0. The molecule has 39 heavy (non-hydrogen) atoms. The molecule has 0 spiro atoms. The molecule has 1 heterocycles. The largest absolute Gasteiger partial charge is 0.507 e. The van der Waals surface area contributed by atoms with Crippen molar-refractivity contribution in [3.05, 3.63) is 28.8 Å². The number of fused-ring (bicyclic) bond motifs is 3. The highest BCUT2D eigenvalue weighted by molar-refractivity contribution is 6.32. The second-order valence-corrected chi connectivity index (χ2v) is 11.7. The van der Waals surface area contributed by atoms with Gasteiger partial charge in [-0.05, 0) is 51.5 Å². The summed E-state index contributed by atoms with van der Waals surface area (Å²) < 4.78 is 0. The van der Waals surface area contributed by atoms with Gasteiger partial charge in [-0.25, -0.2) is 0 Å². The fraction of sp³-hybridized carbons (Fsp3) is 0.607. The van der Waals surface area contributed by atoms with Crippen LogP contribution < -0.4 is 5.73 Å². The number of likely N-dealkylation sites (N-methyl/N-ethyl adjacent to an activating group) is 1. The van der Waals surface area contributed by atoms with Crippen LogP contribution in [0.1, 0.15) is 53.6 Å². The fourth-order valence-corrected chi connectivity index (χ4v) is 7.52. The van der Waals surface area contributed by atoms with Gasteiger partial charge in [0, 0.05) is 18.0 Å². The molecule has 11 nitrogen and oxygen atoms in total. The summed E-state index contributed by atoms with van der Waals surface area (Å²) in [7, 11) is 2.93. The van der Waals surface area contributed by atoms with Crippen molar-refractivity contribution < 1.29 is 39.3 Å². The van der Waals surface area contributed by atoms with Gasteiger partial charge in [0.15, 0.2) is 34.7 Å². The number of carbonyl (C=O) groups is 5. The van der Waals surface area contributed by atoms with Gasteiger partial charge < -0.3 is 21.1 Å². The predicted octanol–water partition coefficient (Wildman–Crippen LogP) is -0.615. The first kappa shape index (κ1) is 27.6. The van der Waals surface area contributed by atoms with Crippen LogP contribution in [0.4, 0.5) is 0 Å². The van der Waals surface area contributed by atoms with Crippen molar-refractivity contribution in [2.24, 2.45) is 29.4 Å². The highest BCUT2D eigenvalue weighted by Gasteiger charge is 2.72. The summed E-state index contributed by atoms with van der Waals surface area (Å²) in [6.07, 6.45) is 1.58. The van der Waals surface area contributed by atoms with Crippen molar-refractivity contribution >= 4 is 29.0 Å². The minimum absolute atomic E-state index is 0.0594. The van der Waals surface area contributed by atoms with Crippen LogP contribution in [0.5, 0.6) is 5.75 Å². The minimum Gasteiger partial charge on any atom is -0.507 e. The lowest BCUT2D eigenvalue weighted by atomic mass is 9.49. The first-order valence-electron chi connectivity index (χ1n) is 13.4. The zero-order chi connectivity index (χ0) is 28.5. The third-order valence-corrected chi connectivity index (χ3v) is 9.42. The molecule has 11 heteroatoms. The number of ketones is 4. The van der Waals surface area contributed by atoms with E-state index in [1.807, 2.05) is 0 Å². The Balaban J connectivity index is 1.62. The van der Waals surface area contributed by atoms with E-state index in [2.05, 4.69) is 4.90 Å². The number of aliphatic hydroxyl groups is 2. The molecule has 5 N–H and O–H groups in total. The number of carbonyl (C=O) groups excluding carboxylic acids is 5. The van der Waals surface area contributed by atoms with E-state index in [0.717, 1.165) is 32.4 Å². The van der Waals surface area contributed by atoms with Gasteiger partial charge in [0.1, 0.15) is 5.75 Å². The summed E-state index contributed by atoms with van der Waals surface area (Å²) in [4.78, 5) is 70.2. The van der Waals surface area contributed by atoms with E-state index in [0.29, 0.717) is 17.7 Å². The molecule has 3 fully saturated rings. The van der Waals surface area contributed by atoms with E-state index in [1.54, 1.807) is 19.1 Å². The predicted molar refractivity (Wildman–Crippen MR) is 137 cm³/mol. The Morgan fingerprint density at radius 3 is 2.33 bits per heavy atom. The van der Waals surface area contributed by atoms with Crippen LogP contribution in [0.15, 0.2) is 12.1 Å². The van der Waals surface area contributed by atoms with Crippen molar-refractivity contribution in [1.29, 1.82) is 0 Å². The summed E-state index contributed by atoms with van der Waals surface area (Å²) in [6.45, 7) is 3.85. The van der Waals surface area contributed by atoms with E-state index in [1.165, 1.54) is 19.0 Å². The number of Topliss-reactive ketones (excluding diaryl/α,β-unsaturated/α-hetero) is 4. The van der Waals surface area contributed by atoms with Crippen molar-refractivity contribution in [2.75, 3.05) is 27.2 Å². The van der Waals surface area contributed by atoms with Crippen LogP contribution in [0.3, 0.4) is 0 Å². The number of primary amides is 1. The summed E-state index contributed by atoms with van der Waals surface area (Å²) in [5, 5.41) is 34.6. The lowest BCUT2D eigenvalue weighted by molar-refractivity contribution is -0.196. The Kier molecular flexibility index (Phi) is 6.77.